The minimum absolute atomic E-state index is 0.187. The first-order chi connectivity index (χ1) is 12.6. The van der Waals surface area contributed by atoms with Crippen LogP contribution in [0.15, 0.2) is 49.1 Å². The third kappa shape index (κ3) is 5.16. The quantitative estimate of drug-likeness (QED) is 0.553. The first kappa shape index (κ1) is 18.6. The van der Waals surface area contributed by atoms with E-state index >= 15 is 0 Å². The van der Waals surface area contributed by atoms with Crippen molar-refractivity contribution in [3.63, 3.8) is 0 Å². The van der Waals surface area contributed by atoms with Crippen LogP contribution in [-0.4, -0.2) is 28.1 Å². The molecule has 0 amide bonds. The zero-order valence-corrected chi connectivity index (χ0v) is 16.0. The number of aromatic nitrogens is 2. The Morgan fingerprint density at radius 1 is 1.23 bits per heavy atom. The zero-order chi connectivity index (χ0) is 18.4. The molecule has 3 aromatic rings. The number of ether oxygens (including phenoxy) is 1. The van der Waals surface area contributed by atoms with Gasteiger partial charge >= 0.3 is 0 Å². The molecule has 2 aromatic heterocycles. The minimum Gasteiger partial charge on any atom is -0.497 e. The predicted octanol–water partition coefficient (Wildman–Crippen LogP) is 4.49. The van der Waals surface area contributed by atoms with Crippen LogP contribution in [0.2, 0.25) is 0 Å². The largest absolute Gasteiger partial charge is 0.497 e. The van der Waals surface area contributed by atoms with Crippen molar-refractivity contribution in [1.82, 2.24) is 14.5 Å². The van der Waals surface area contributed by atoms with E-state index in [0.717, 1.165) is 26.1 Å². The Hall–Kier alpha value is -2.18. The molecule has 0 saturated heterocycles. The molecule has 6 heteroatoms. The summed E-state index contributed by atoms with van der Waals surface area (Å²) in [7, 11) is 1.61. The molecule has 0 N–H and O–H groups in total. The topological polar surface area (TPSA) is 30.3 Å². The lowest BCUT2D eigenvalue weighted by Gasteiger charge is -2.22. The molecule has 3 rings (SSSR count). The van der Waals surface area contributed by atoms with Gasteiger partial charge in [-0.1, -0.05) is 0 Å². The molecule has 138 valence electrons. The van der Waals surface area contributed by atoms with Crippen LogP contribution in [-0.2, 0) is 19.6 Å². The monoisotopic (exact) mass is 373 g/mol. The van der Waals surface area contributed by atoms with Crippen LogP contribution in [0.4, 0.5) is 4.39 Å². The van der Waals surface area contributed by atoms with Crippen molar-refractivity contribution in [2.75, 3.05) is 13.7 Å². The molecule has 1 aromatic carbocycles. The maximum atomic E-state index is 14.3. The molecular weight excluding hydrogens is 349 g/mol. The molecule has 0 spiro atoms. The van der Waals surface area contributed by atoms with Gasteiger partial charge < -0.3 is 9.30 Å². The second kappa shape index (κ2) is 8.96. The number of halogens is 1. The van der Waals surface area contributed by atoms with Crippen LogP contribution in [0.5, 0.6) is 5.75 Å². The minimum atomic E-state index is -0.187. The van der Waals surface area contributed by atoms with Crippen molar-refractivity contribution in [2.24, 2.45) is 0 Å². The van der Waals surface area contributed by atoms with Gasteiger partial charge in [0.15, 0.2) is 0 Å². The molecule has 2 heterocycles. The van der Waals surface area contributed by atoms with Gasteiger partial charge in [0.2, 0.25) is 0 Å². The van der Waals surface area contributed by atoms with Gasteiger partial charge in [-0.2, -0.15) is 0 Å². The second-order valence-electron chi connectivity index (χ2n) is 6.33. The molecule has 0 atom stereocenters. The lowest BCUT2D eigenvalue weighted by molar-refractivity contribution is 0.247. The standard InChI is InChI=1S/C20H24FN3OS/c1-16-4-6-19(26-16)14-24(10-3-9-23-11-8-22-15-23)13-17-12-18(25-2)5-7-20(17)21/h4-8,11-12,15H,3,9-10,13-14H2,1-2H3. The second-order valence-corrected chi connectivity index (χ2v) is 7.71. The number of imidazole rings is 1. The highest BCUT2D eigenvalue weighted by atomic mass is 32.1. The van der Waals surface area contributed by atoms with E-state index in [1.807, 2.05) is 12.5 Å². The van der Waals surface area contributed by atoms with E-state index in [1.54, 1.807) is 36.8 Å². The Morgan fingerprint density at radius 2 is 2.12 bits per heavy atom. The number of benzene rings is 1. The summed E-state index contributed by atoms with van der Waals surface area (Å²) in [5.74, 6) is 0.500. The molecule has 0 fully saturated rings. The van der Waals surface area contributed by atoms with Crippen LogP contribution in [0, 0.1) is 12.7 Å². The Kier molecular flexibility index (Phi) is 6.41. The van der Waals surface area contributed by atoms with Gasteiger partial charge in [0.1, 0.15) is 11.6 Å². The SMILES string of the molecule is COc1ccc(F)c(CN(CCCn2ccnc2)Cc2ccc(C)s2)c1. The molecule has 0 radical (unpaired) electrons. The molecule has 4 nitrogen and oxygen atoms in total. The zero-order valence-electron chi connectivity index (χ0n) is 15.2. The fourth-order valence-corrected chi connectivity index (χ4v) is 3.87. The van der Waals surface area contributed by atoms with Gasteiger partial charge in [0, 0.05) is 53.9 Å². The normalized spacial score (nSPS) is 11.2. The van der Waals surface area contributed by atoms with Gasteiger partial charge in [-0.25, -0.2) is 9.37 Å². The number of thiophene rings is 1. The van der Waals surface area contributed by atoms with E-state index in [0.29, 0.717) is 17.9 Å². The van der Waals surface area contributed by atoms with Crippen molar-refractivity contribution in [3.8, 4) is 5.75 Å². The van der Waals surface area contributed by atoms with Gasteiger partial charge in [0.05, 0.1) is 13.4 Å². The molecule has 0 aliphatic heterocycles. The van der Waals surface area contributed by atoms with E-state index in [-0.39, 0.29) is 5.82 Å². The molecule has 26 heavy (non-hydrogen) atoms. The lowest BCUT2D eigenvalue weighted by atomic mass is 10.1. The summed E-state index contributed by atoms with van der Waals surface area (Å²) in [5, 5.41) is 0. The van der Waals surface area contributed by atoms with Gasteiger partial charge in [-0.3, -0.25) is 4.90 Å². The number of aryl methyl sites for hydroxylation is 2. The molecule has 0 bridgehead atoms. The third-order valence-corrected chi connectivity index (χ3v) is 5.26. The van der Waals surface area contributed by atoms with Gasteiger partial charge in [0.25, 0.3) is 0 Å². The first-order valence-corrected chi connectivity index (χ1v) is 9.51. The van der Waals surface area contributed by atoms with Crippen molar-refractivity contribution >= 4 is 11.3 Å². The fourth-order valence-electron chi connectivity index (χ4n) is 2.94. The van der Waals surface area contributed by atoms with Gasteiger partial charge in [-0.05, 0) is 43.7 Å². The highest BCUT2D eigenvalue weighted by Crippen LogP contribution is 2.22. The van der Waals surface area contributed by atoms with Crippen molar-refractivity contribution in [2.45, 2.75) is 33.0 Å². The Bertz CT molecular complexity index is 816. The summed E-state index contributed by atoms with van der Waals surface area (Å²) < 4.78 is 21.6. The highest BCUT2D eigenvalue weighted by Gasteiger charge is 2.12. The van der Waals surface area contributed by atoms with E-state index in [2.05, 4.69) is 33.5 Å². The van der Waals surface area contributed by atoms with E-state index < -0.39 is 0 Å². The Balaban J connectivity index is 1.69. The van der Waals surface area contributed by atoms with Crippen LogP contribution in [0.1, 0.15) is 21.7 Å². The summed E-state index contributed by atoms with van der Waals surface area (Å²) in [5.41, 5.74) is 0.667. The van der Waals surface area contributed by atoms with Crippen LogP contribution < -0.4 is 4.74 Å². The first-order valence-electron chi connectivity index (χ1n) is 8.70. The third-order valence-electron chi connectivity index (χ3n) is 4.27. The van der Waals surface area contributed by atoms with E-state index in [1.165, 1.54) is 15.8 Å². The van der Waals surface area contributed by atoms with E-state index in [9.17, 15) is 4.39 Å². The fraction of sp³-hybridized carbons (Fsp3) is 0.350. The van der Waals surface area contributed by atoms with E-state index in [4.69, 9.17) is 4.74 Å². The van der Waals surface area contributed by atoms with Gasteiger partial charge in [-0.15, -0.1) is 11.3 Å². The summed E-state index contributed by atoms with van der Waals surface area (Å²) in [6, 6.07) is 9.22. The van der Waals surface area contributed by atoms with Crippen LogP contribution >= 0.6 is 11.3 Å². The predicted molar refractivity (Wildman–Crippen MR) is 103 cm³/mol. The number of hydrogen-bond donors (Lipinski definition) is 0. The summed E-state index contributed by atoms with van der Waals surface area (Å²) in [6.07, 6.45) is 6.56. The average molecular weight is 373 g/mol. The number of nitrogens with zero attached hydrogens (tertiary/aromatic N) is 3. The highest BCUT2D eigenvalue weighted by molar-refractivity contribution is 7.11. The van der Waals surface area contributed by atoms with Crippen molar-refractivity contribution in [1.29, 1.82) is 0 Å². The van der Waals surface area contributed by atoms with Crippen molar-refractivity contribution < 1.29 is 9.13 Å². The lowest BCUT2D eigenvalue weighted by Crippen LogP contribution is -2.25. The maximum Gasteiger partial charge on any atom is 0.127 e. The summed E-state index contributed by atoms with van der Waals surface area (Å²) >= 11 is 1.79. The van der Waals surface area contributed by atoms with Crippen molar-refractivity contribution in [3.05, 3.63) is 70.2 Å². The van der Waals surface area contributed by atoms with Crippen LogP contribution in [0.25, 0.3) is 0 Å². The molecule has 0 saturated carbocycles. The molecule has 0 aliphatic carbocycles. The molecular formula is C20H24FN3OS. The number of rotatable bonds is 9. The summed E-state index contributed by atoms with van der Waals surface area (Å²) in [6.45, 7) is 5.27. The Morgan fingerprint density at radius 3 is 2.81 bits per heavy atom. The average Bonchev–Trinajstić information content (AvgIpc) is 3.28. The summed E-state index contributed by atoms with van der Waals surface area (Å²) in [4.78, 5) is 8.96. The maximum absolute atomic E-state index is 14.3. The number of methoxy groups -OCH3 is 1. The smallest absolute Gasteiger partial charge is 0.127 e. The molecule has 0 aliphatic rings. The Labute approximate surface area is 157 Å². The molecule has 0 unspecified atom stereocenters. The van der Waals surface area contributed by atoms with Crippen LogP contribution in [0.3, 0.4) is 0 Å². The number of hydrogen-bond acceptors (Lipinski definition) is 4.